The quantitative estimate of drug-likeness (QED) is 0.855. The Morgan fingerprint density at radius 2 is 2.25 bits per heavy atom. The molecule has 0 spiro atoms. The molecule has 0 aromatic carbocycles. The minimum atomic E-state index is -0.272. The largest absolute Gasteiger partial charge is 0.388 e. The third-order valence-corrected chi connectivity index (χ3v) is 4.34. The molecule has 0 saturated heterocycles. The van der Waals surface area contributed by atoms with Crippen LogP contribution in [0, 0.1) is 12.8 Å². The molecule has 2 rings (SSSR count). The van der Waals surface area contributed by atoms with Crippen LogP contribution in [0.15, 0.2) is 12.1 Å². The highest BCUT2D eigenvalue weighted by molar-refractivity contribution is 7.12. The lowest BCUT2D eigenvalue weighted by atomic mass is 9.78. The highest BCUT2D eigenvalue weighted by atomic mass is 32.1. The van der Waals surface area contributed by atoms with Gasteiger partial charge in [0.2, 0.25) is 0 Å². The molecule has 1 fully saturated rings. The first-order valence-corrected chi connectivity index (χ1v) is 6.86. The Hall–Kier alpha value is -0.380. The SMILES string of the molecule is CCOC1CC(CC(O)c2ccc(C)s2)C1. The van der Waals surface area contributed by atoms with Crippen molar-refractivity contribution < 1.29 is 9.84 Å². The van der Waals surface area contributed by atoms with Crippen molar-refractivity contribution in [1.82, 2.24) is 0 Å². The van der Waals surface area contributed by atoms with Gasteiger partial charge in [0.25, 0.3) is 0 Å². The van der Waals surface area contributed by atoms with Crippen LogP contribution >= 0.6 is 11.3 Å². The smallest absolute Gasteiger partial charge is 0.0884 e. The maximum Gasteiger partial charge on any atom is 0.0884 e. The molecule has 90 valence electrons. The summed E-state index contributed by atoms with van der Waals surface area (Å²) in [5.74, 6) is 0.647. The van der Waals surface area contributed by atoms with E-state index >= 15 is 0 Å². The molecule has 1 aliphatic carbocycles. The summed E-state index contributed by atoms with van der Waals surface area (Å²) < 4.78 is 5.52. The fraction of sp³-hybridized carbons (Fsp3) is 0.692. The Morgan fingerprint density at radius 3 is 2.81 bits per heavy atom. The molecular formula is C13H20O2S. The average Bonchev–Trinajstić information content (AvgIpc) is 2.61. The molecule has 3 heteroatoms. The van der Waals surface area contributed by atoms with Crippen LogP contribution in [-0.4, -0.2) is 17.8 Å². The van der Waals surface area contributed by atoms with Gasteiger partial charge in [-0.3, -0.25) is 0 Å². The number of aliphatic hydroxyl groups is 1. The van der Waals surface area contributed by atoms with Crippen LogP contribution in [0.1, 0.15) is 42.0 Å². The highest BCUT2D eigenvalue weighted by Crippen LogP contribution is 2.38. The Morgan fingerprint density at radius 1 is 1.50 bits per heavy atom. The van der Waals surface area contributed by atoms with Crippen molar-refractivity contribution in [1.29, 1.82) is 0 Å². The van der Waals surface area contributed by atoms with E-state index in [1.54, 1.807) is 11.3 Å². The molecule has 1 unspecified atom stereocenters. The fourth-order valence-electron chi connectivity index (χ4n) is 2.30. The minimum absolute atomic E-state index is 0.272. The number of aliphatic hydroxyl groups excluding tert-OH is 1. The van der Waals surface area contributed by atoms with E-state index in [-0.39, 0.29) is 6.10 Å². The van der Waals surface area contributed by atoms with E-state index in [1.807, 2.05) is 13.0 Å². The fourth-order valence-corrected chi connectivity index (χ4v) is 3.18. The van der Waals surface area contributed by atoms with Gasteiger partial charge in [-0.2, -0.15) is 0 Å². The standard InChI is InChI=1S/C13H20O2S/c1-3-15-11-6-10(7-11)8-12(14)13-5-4-9(2)16-13/h4-5,10-12,14H,3,6-8H2,1-2H3. The van der Waals surface area contributed by atoms with Gasteiger partial charge in [0.15, 0.2) is 0 Å². The van der Waals surface area contributed by atoms with E-state index in [4.69, 9.17) is 4.74 Å². The second-order valence-corrected chi connectivity index (χ2v) is 5.93. The van der Waals surface area contributed by atoms with Crippen LogP contribution in [0.25, 0.3) is 0 Å². The summed E-state index contributed by atoms with van der Waals surface area (Å²) in [6.45, 7) is 4.93. The second kappa shape index (κ2) is 5.30. The molecule has 1 aliphatic rings. The van der Waals surface area contributed by atoms with Gasteiger partial charge >= 0.3 is 0 Å². The predicted octanol–water partition coefficient (Wildman–Crippen LogP) is 3.30. The number of thiophene rings is 1. The third-order valence-electron chi connectivity index (χ3n) is 3.24. The lowest BCUT2D eigenvalue weighted by molar-refractivity contribution is -0.0377. The molecule has 1 heterocycles. The number of rotatable bonds is 5. The van der Waals surface area contributed by atoms with Crippen molar-refractivity contribution in [3.05, 3.63) is 21.9 Å². The zero-order valence-electron chi connectivity index (χ0n) is 9.98. The summed E-state index contributed by atoms with van der Waals surface area (Å²) in [7, 11) is 0. The maximum absolute atomic E-state index is 10.1. The van der Waals surface area contributed by atoms with Crippen molar-refractivity contribution in [3.63, 3.8) is 0 Å². The summed E-state index contributed by atoms with van der Waals surface area (Å²) in [5, 5.41) is 10.1. The van der Waals surface area contributed by atoms with Crippen LogP contribution in [-0.2, 0) is 4.74 Å². The lowest BCUT2D eigenvalue weighted by Crippen LogP contribution is -2.32. The second-order valence-electron chi connectivity index (χ2n) is 4.61. The third kappa shape index (κ3) is 2.84. The number of hydrogen-bond donors (Lipinski definition) is 1. The molecule has 0 radical (unpaired) electrons. The highest BCUT2D eigenvalue weighted by Gasteiger charge is 2.31. The topological polar surface area (TPSA) is 29.5 Å². The minimum Gasteiger partial charge on any atom is -0.388 e. The molecule has 1 saturated carbocycles. The first kappa shape index (κ1) is 12.1. The Bertz CT molecular complexity index is 328. The number of ether oxygens (including phenoxy) is 1. The molecule has 16 heavy (non-hydrogen) atoms. The summed E-state index contributed by atoms with van der Waals surface area (Å²) >= 11 is 1.70. The van der Waals surface area contributed by atoms with Gasteiger partial charge in [-0.15, -0.1) is 11.3 Å². The van der Waals surface area contributed by atoms with E-state index in [1.165, 1.54) is 4.88 Å². The van der Waals surface area contributed by atoms with E-state index in [2.05, 4.69) is 13.0 Å². The van der Waals surface area contributed by atoms with E-state index in [0.29, 0.717) is 12.0 Å². The van der Waals surface area contributed by atoms with E-state index in [0.717, 1.165) is 30.7 Å². The van der Waals surface area contributed by atoms with Gasteiger partial charge in [0.05, 0.1) is 12.2 Å². The van der Waals surface area contributed by atoms with Crippen LogP contribution in [0.2, 0.25) is 0 Å². The van der Waals surface area contributed by atoms with Gasteiger partial charge in [-0.25, -0.2) is 0 Å². The molecule has 0 bridgehead atoms. The van der Waals surface area contributed by atoms with Crippen LogP contribution in [0.5, 0.6) is 0 Å². The van der Waals surface area contributed by atoms with Crippen LogP contribution in [0.4, 0.5) is 0 Å². The number of aryl methyl sites for hydroxylation is 1. The zero-order chi connectivity index (χ0) is 11.5. The zero-order valence-corrected chi connectivity index (χ0v) is 10.8. The Balaban J connectivity index is 1.75. The average molecular weight is 240 g/mol. The molecule has 2 nitrogen and oxygen atoms in total. The van der Waals surface area contributed by atoms with Gasteiger partial charge in [0, 0.05) is 16.4 Å². The Labute approximate surface area is 101 Å². The van der Waals surface area contributed by atoms with Crippen molar-refractivity contribution >= 4 is 11.3 Å². The van der Waals surface area contributed by atoms with Gasteiger partial charge in [-0.05, 0) is 51.2 Å². The normalized spacial score (nSPS) is 26.4. The molecule has 0 aliphatic heterocycles. The van der Waals surface area contributed by atoms with Crippen molar-refractivity contribution in [2.75, 3.05) is 6.61 Å². The molecule has 1 aromatic heterocycles. The first-order valence-electron chi connectivity index (χ1n) is 6.05. The van der Waals surface area contributed by atoms with Crippen molar-refractivity contribution in [2.24, 2.45) is 5.92 Å². The predicted molar refractivity (Wildman–Crippen MR) is 66.8 cm³/mol. The number of hydrogen-bond acceptors (Lipinski definition) is 3. The van der Waals surface area contributed by atoms with Gasteiger partial charge in [0.1, 0.15) is 0 Å². The van der Waals surface area contributed by atoms with E-state index in [9.17, 15) is 5.11 Å². The first-order chi connectivity index (χ1) is 7.69. The summed E-state index contributed by atoms with van der Waals surface area (Å²) in [4.78, 5) is 2.38. The van der Waals surface area contributed by atoms with Gasteiger partial charge in [-0.1, -0.05) is 0 Å². The molecular weight excluding hydrogens is 220 g/mol. The lowest BCUT2D eigenvalue weighted by Gasteiger charge is -2.35. The molecule has 0 amide bonds. The van der Waals surface area contributed by atoms with Crippen molar-refractivity contribution in [3.8, 4) is 0 Å². The monoisotopic (exact) mass is 240 g/mol. The van der Waals surface area contributed by atoms with Crippen LogP contribution < -0.4 is 0 Å². The Kier molecular flexibility index (Phi) is 4.00. The molecule has 1 aromatic rings. The molecule has 1 atom stereocenters. The molecule has 1 N–H and O–H groups in total. The summed E-state index contributed by atoms with van der Waals surface area (Å²) in [6, 6.07) is 4.12. The summed E-state index contributed by atoms with van der Waals surface area (Å²) in [6.07, 6.45) is 3.31. The van der Waals surface area contributed by atoms with Crippen LogP contribution in [0.3, 0.4) is 0 Å². The summed E-state index contributed by atoms with van der Waals surface area (Å²) in [5.41, 5.74) is 0. The van der Waals surface area contributed by atoms with Gasteiger partial charge < -0.3 is 9.84 Å². The maximum atomic E-state index is 10.1. The van der Waals surface area contributed by atoms with Crippen molar-refractivity contribution in [2.45, 2.75) is 45.3 Å². The van der Waals surface area contributed by atoms with E-state index < -0.39 is 0 Å².